The maximum Gasteiger partial charge on any atom is 0.261 e. The number of amides is 1. The molecule has 0 saturated heterocycles. The fourth-order valence-corrected chi connectivity index (χ4v) is 3.40. The second-order valence-electron chi connectivity index (χ2n) is 6.92. The van der Waals surface area contributed by atoms with Crippen molar-refractivity contribution in [2.45, 2.75) is 6.92 Å². The monoisotopic (exact) mass is 414 g/mol. The van der Waals surface area contributed by atoms with Crippen molar-refractivity contribution in [3.05, 3.63) is 111 Å². The molecule has 4 rings (SSSR count). The number of carbonyl (C=O) groups excluding carboxylic acids is 1. The number of rotatable bonds is 4. The number of aromatic amines is 1. The normalized spacial score (nSPS) is 10.6. The van der Waals surface area contributed by atoms with Crippen molar-refractivity contribution >= 4 is 23.2 Å². The topological polar surface area (TPSA) is 62.0 Å². The van der Waals surface area contributed by atoms with E-state index < -0.39 is 11.5 Å². The third kappa shape index (κ3) is 4.04. The van der Waals surface area contributed by atoms with Gasteiger partial charge in [-0.2, -0.15) is 0 Å². The van der Waals surface area contributed by atoms with Crippen molar-refractivity contribution in [2.75, 3.05) is 5.32 Å². The molecule has 0 fully saturated rings. The van der Waals surface area contributed by atoms with Crippen LogP contribution in [0.25, 0.3) is 22.4 Å². The van der Waals surface area contributed by atoms with Gasteiger partial charge in [0.1, 0.15) is 5.56 Å². The number of aromatic nitrogens is 1. The van der Waals surface area contributed by atoms with Gasteiger partial charge in [0, 0.05) is 16.4 Å². The number of hydrogen-bond acceptors (Lipinski definition) is 2. The number of halogens is 1. The summed E-state index contributed by atoms with van der Waals surface area (Å²) in [5.41, 5.74) is 4.65. The summed E-state index contributed by atoms with van der Waals surface area (Å²) in [4.78, 5) is 27.9. The molecule has 0 atom stereocenters. The lowest BCUT2D eigenvalue weighted by molar-refractivity contribution is 0.102. The Bertz CT molecular complexity index is 1260. The van der Waals surface area contributed by atoms with Crippen LogP contribution in [-0.2, 0) is 0 Å². The van der Waals surface area contributed by atoms with Gasteiger partial charge < -0.3 is 10.3 Å². The van der Waals surface area contributed by atoms with Crippen LogP contribution in [0.5, 0.6) is 0 Å². The van der Waals surface area contributed by atoms with Crippen LogP contribution in [0.2, 0.25) is 5.02 Å². The highest BCUT2D eigenvalue weighted by Crippen LogP contribution is 2.25. The molecule has 5 heteroatoms. The molecule has 3 aromatic carbocycles. The lowest BCUT2D eigenvalue weighted by Gasteiger charge is -2.10. The van der Waals surface area contributed by atoms with Gasteiger partial charge in [0.15, 0.2) is 0 Å². The number of benzene rings is 3. The molecule has 0 radical (unpaired) electrons. The van der Waals surface area contributed by atoms with E-state index in [1.165, 1.54) is 6.07 Å². The van der Waals surface area contributed by atoms with Gasteiger partial charge in [-0.1, -0.05) is 72.3 Å². The maximum absolute atomic E-state index is 12.6. The quantitative estimate of drug-likeness (QED) is 0.435. The van der Waals surface area contributed by atoms with Gasteiger partial charge in [0.25, 0.3) is 11.5 Å². The Kier molecular flexibility index (Phi) is 5.50. The Morgan fingerprint density at radius 1 is 0.800 bits per heavy atom. The van der Waals surface area contributed by atoms with Gasteiger partial charge in [0.2, 0.25) is 0 Å². The standard InChI is InChI=1S/C25H19ClN2O2/c1-16-21(26)8-5-9-22(16)27-24(29)20-14-15-23(28-25(20)30)19-12-10-18(11-13-19)17-6-3-2-4-7-17/h2-15H,1H3,(H,27,29)(H,28,30). The van der Waals surface area contributed by atoms with Crippen molar-refractivity contribution in [3.8, 4) is 22.4 Å². The Morgan fingerprint density at radius 3 is 2.17 bits per heavy atom. The van der Waals surface area contributed by atoms with E-state index in [9.17, 15) is 9.59 Å². The van der Waals surface area contributed by atoms with E-state index in [1.54, 1.807) is 24.3 Å². The van der Waals surface area contributed by atoms with Crippen LogP contribution >= 0.6 is 11.6 Å². The fraction of sp³-hybridized carbons (Fsp3) is 0.0400. The second kappa shape index (κ2) is 8.39. The minimum atomic E-state index is -0.479. The van der Waals surface area contributed by atoms with Gasteiger partial charge in [-0.25, -0.2) is 0 Å². The highest BCUT2D eigenvalue weighted by molar-refractivity contribution is 6.31. The van der Waals surface area contributed by atoms with Gasteiger partial charge in [-0.15, -0.1) is 0 Å². The number of pyridine rings is 1. The molecule has 1 aromatic heterocycles. The van der Waals surface area contributed by atoms with E-state index in [1.807, 2.05) is 61.5 Å². The zero-order valence-corrected chi connectivity index (χ0v) is 17.0. The van der Waals surface area contributed by atoms with E-state index in [0.717, 1.165) is 22.3 Å². The smallest absolute Gasteiger partial charge is 0.261 e. The van der Waals surface area contributed by atoms with Crippen molar-refractivity contribution in [3.63, 3.8) is 0 Å². The van der Waals surface area contributed by atoms with Crippen LogP contribution in [-0.4, -0.2) is 10.9 Å². The molecule has 0 aliphatic carbocycles. The molecule has 30 heavy (non-hydrogen) atoms. The van der Waals surface area contributed by atoms with Crippen LogP contribution in [0.4, 0.5) is 5.69 Å². The van der Waals surface area contributed by atoms with Crippen LogP contribution < -0.4 is 10.9 Å². The second-order valence-corrected chi connectivity index (χ2v) is 7.33. The first-order valence-corrected chi connectivity index (χ1v) is 9.86. The highest BCUT2D eigenvalue weighted by Gasteiger charge is 2.13. The third-order valence-corrected chi connectivity index (χ3v) is 5.38. The summed E-state index contributed by atoms with van der Waals surface area (Å²) in [6.07, 6.45) is 0. The van der Waals surface area contributed by atoms with Crippen LogP contribution in [0.3, 0.4) is 0 Å². The lowest BCUT2D eigenvalue weighted by Crippen LogP contribution is -2.23. The maximum atomic E-state index is 12.6. The summed E-state index contributed by atoms with van der Waals surface area (Å²) in [5, 5.41) is 3.30. The van der Waals surface area contributed by atoms with E-state index in [4.69, 9.17) is 11.6 Å². The van der Waals surface area contributed by atoms with Crippen molar-refractivity contribution in [1.29, 1.82) is 0 Å². The minimum absolute atomic E-state index is 0.0408. The predicted molar refractivity (Wildman–Crippen MR) is 122 cm³/mol. The number of H-pyrrole nitrogens is 1. The average molecular weight is 415 g/mol. The van der Waals surface area contributed by atoms with Gasteiger partial charge in [0.05, 0.1) is 0 Å². The molecule has 4 nitrogen and oxygen atoms in total. The molecule has 0 spiro atoms. The molecule has 0 saturated carbocycles. The Labute approximate surface area is 179 Å². The first-order valence-electron chi connectivity index (χ1n) is 9.48. The summed E-state index contributed by atoms with van der Waals surface area (Å²) in [7, 11) is 0. The number of carbonyl (C=O) groups is 1. The van der Waals surface area contributed by atoms with Crippen molar-refractivity contribution in [1.82, 2.24) is 4.98 Å². The Balaban J connectivity index is 1.56. The predicted octanol–water partition coefficient (Wildman–Crippen LogP) is 5.92. The first-order chi connectivity index (χ1) is 14.5. The van der Waals surface area contributed by atoms with E-state index >= 15 is 0 Å². The third-order valence-electron chi connectivity index (χ3n) is 4.97. The number of anilines is 1. The zero-order chi connectivity index (χ0) is 21.1. The highest BCUT2D eigenvalue weighted by atomic mass is 35.5. The largest absolute Gasteiger partial charge is 0.322 e. The Morgan fingerprint density at radius 2 is 1.47 bits per heavy atom. The molecule has 1 amide bonds. The van der Waals surface area contributed by atoms with Gasteiger partial charge >= 0.3 is 0 Å². The summed E-state index contributed by atoms with van der Waals surface area (Å²) in [6, 6.07) is 26.5. The summed E-state index contributed by atoms with van der Waals surface area (Å²) < 4.78 is 0. The number of nitrogens with one attached hydrogen (secondary N) is 2. The molecule has 0 unspecified atom stereocenters. The van der Waals surface area contributed by atoms with Gasteiger partial charge in [-0.05, 0) is 53.4 Å². The van der Waals surface area contributed by atoms with Gasteiger partial charge in [-0.3, -0.25) is 9.59 Å². The van der Waals surface area contributed by atoms with Crippen molar-refractivity contribution < 1.29 is 4.79 Å². The van der Waals surface area contributed by atoms with E-state index in [-0.39, 0.29) is 5.56 Å². The number of hydrogen-bond donors (Lipinski definition) is 2. The molecule has 0 aliphatic heterocycles. The SMILES string of the molecule is Cc1c(Cl)cccc1NC(=O)c1ccc(-c2ccc(-c3ccccc3)cc2)[nH]c1=O. The molecule has 148 valence electrons. The molecular formula is C25H19ClN2O2. The molecule has 0 bridgehead atoms. The van der Waals surface area contributed by atoms with Crippen LogP contribution in [0, 0.1) is 6.92 Å². The minimum Gasteiger partial charge on any atom is -0.322 e. The summed E-state index contributed by atoms with van der Waals surface area (Å²) in [5.74, 6) is -0.479. The summed E-state index contributed by atoms with van der Waals surface area (Å²) >= 11 is 6.09. The van der Waals surface area contributed by atoms with E-state index in [2.05, 4.69) is 10.3 Å². The lowest BCUT2D eigenvalue weighted by atomic mass is 10.0. The molecule has 0 aliphatic rings. The Hall–Kier alpha value is -3.63. The zero-order valence-electron chi connectivity index (χ0n) is 16.3. The molecule has 4 aromatic rings. The first kappa shape index (κ1) is 19.7. The molecule has 2 N–H and O–H groups in total. The van der Waals surface area contributed by atoms with Crippen molar-refractivity contribution in [2.24, 2.45) is 0 Å². The molecular weight excluding hydrogens is 396 g/mol. The fourth-order valence-electron chi connectivity index (χ4n) is 3.23. The van der Waals surface area contributed by atoms with E-state index in [0.29, 0.717) is 16.4 Å². The average Bonchev–Trinajstić information content (AvgIpc) is 2.77. The van der Waals surface area contributed by atoms with Crippen LogP contribution in [0.1, 0.15) is 15.9 Å². The molecule has 1 heterocycles. The summed E-state index contributed by atoms with van der Waals surface area (Å²) in [6.45, 7) is 1.81. The van der Waals surface area contributed by atoms with Crippen LogP contribution in [0.15, 0.2) is 89.7 Å².